The van der Waals surface area contributed by atoms with Gasteiger partial charge in [0.2, 0.25) is 0 Å². The number of nitro groups is 1. The van der Waals surface area contributed by atoms with Crippen molar-refractivity contribution in [2.24, 2.45) is 0 Å². The Morgan fingerprint density at radius 3 is 2.61 bits per heavy atom. The van der Waals surface area contributed by atoms with Crippen molar-refractivity contribution >= 4 is 28.9 Å². The summed E-state index contributed by atoms with van der Waals surface area (Å²) in [6.45, 7) is 5.32. The highest BCUT2D eigenvalue weighted by Gasteiger charge is 2.17. The number of carbonyl (C=O) groups excluding carboxylic acids is 1. The Hall–Kier alpha value is -3.59. The van der Waals surface area contributed by atoms with Gasteiger partial charge in [-0.1, -0.05) is 17.7 Å². The van der Waals surface area contributed by atoms with E-state index in [9.17, 15) is 14.9 Å². The summed E-state index contributed by atoms with van der Waals surface area (Å²) < 4.78 is 12.9. The van der Waals surface area contributed by atoms with E-state index in [0.29, 0.717) is 36.9 Å². The Morgan fingerprint density at radius 1 is 1.16 bits per heavy atom. The molecule has 1 N–H and O–H groups in total. The smallest absolute Gasteiger partial charge is 0.288 e. The van der Waals surface area contributed by atoms with E-state index in [0.717, 1.165) is 11.6 Å². The molecule has 162 valence electrons. The van der Waals surface area contributed by atoms with Crippen LogP contribution in [0.1, 0.15) is 29.8 Å². The van der Waals surface area contributed by atoms with Crippen molar-refractivity contribution in [3.63, 3.8) is 0 Å². The zero-order valence-corrected chi connectivity index (χ0v) is 17.8. The molecule has 0 bridgehead atoms. The van der Waals surface area contributed by atoms with Crippen LogP contribution in [0.25, 0.3) is 0 Å². The van der Waals surface area contributed by atoms with Gasteiger partial charge in [-0.05, 0) is 43.7 Å². The normalized spacial score (nSPS) is 10.5. The molecule has 31 heavy (non-hydrogen) atoms. The lowest BCUT2D eigenvalue weighted by Gasteiger charge is -2.12. The number of amides is 1. The summed E-state index contributed by atoms with van der Waals surface area (Å²) in [5.41, 5.74) is 1.20. The molecule has 0 saturated carbocycles. The number of ether oxygens (including phenoxy) is 2. The standard InChI is InChI=1S/C21H21ClN4O5/c1-3-30-19-8-5-14(9-20(19)31-4-2)12-25-13-16(11-23-25)24-21(27)15-6-7-17(22)18(10-15)26(28)29/h5-11,13H,3-4,12H2,1-2H3,(H,24,27). The number of benzene rings is 2. The van der Waals surface area contributed by atoms with Crippen molar-refractivity contribution in [2.75, 3.05) is 18.5 Å². The van der Waals surface area contributed by atoms with Gasteiger partial charge in [-0.15, -0.1) is 0 Å². The number of hydrogen-bond acceptors (Lipinski definition) is 6. The molecule has 0 aliphatic rings. The number of nitrogens with zero attached hydrogens (tertiary/aromatic N) is 3. The second-order valence-electron chi connectivity index (χ2n) is 6.45. The summed E-state index contributed by atoms with van der Waals surface area (Å²) in [5, 5.41) is 17.9. The number of hydrogen-bond donors (Lipinski definition) is 1. The molecule has 3 rings (SSSR count). The van der Waals surface area contributed by atoms with Crippen LogP contribution in [-0.4, -0.2) is 33.8 Å². The van der Waals surface area contributed by atoms with Crippen molar-refractivity contribution < 1.29 is 19.2 Å². The molecule has 0 aliphatic heterocycles. The average molecular weight is 445 g/mol. The maximum absolute atomic E-state index is 12.4. The van der Waals surface area contributed by atoms with Crippen LogP contribution in [0.4, 0.5) is 11.4 Å². The molecule has 0 spiro atoms. The summed E-state index contributed by atoms with van der Waals surface area (Å²) in [4.78, 5) is 22.8. The molecule has 0 atom stereocenters. The van der Waals surface area contributed by atoms with E-state index in [4.69, 9.17) is 21.1 Å². The van der Waals surface area contributed by atoms with Gasteiger partial charge in [0.05, 0.1) is 36.6 Å². The lowest BCUT2D eigenvalue weighted by molar-refractivity contribution is -0.384. The lowest BCUT2D eigenvalue weighted by Crippen LogP contribution is -2.11. The van der Waals surface area contributed by atoms with E-state index in [2.05, 4.69) is 10.4 Å². The van der Waals surface area contributed by atoms with Gasteiger partial charge in [-0.2, -0.15) is 5.10 Å². The summed E-state index contributed by atoms with van der Waals surface area (Å²) in [6.07, 6.45) is 3.17. The van der Waals surface area contributed by atoms with E-state index >= 15 is 0 Å². The zero-order chi connectivity index (χ0) is 22.4. The fourth-order valence-electron chi connectivity index (χ4n) is 2.89. The number of carbonyl (C=O) groups is 1. The first-order chi connectivity index (χ1) is 14.9. The molecule has 2 aromatic carbocycles. The Labute approximate surface area is 183 Å². The minimum Gasteiger partial charge on any atom is -0.490 e. The van der Waals surface area contributed by atoms with Crippen molar-refractivity contribution in [3.05, 3.63) is 75.1 Å². The monoisotopic (exact) mass is 444 g/mol. The summed E-state index contributed by atoms with van der Waals surface area (Å²) in [7, 11) is 0. The highest BCUT2D eigenvalue weighted by atomic mass is 35.5. The third kappa shape index (κ3) is 5.52. The van der Waals surface area contributed by atoms with E-state index < -0.39 is 10.8 Å². The fourth-order valence-corrected chi connectivity index (χ4v) is 3.08. The van der Waals surface area contributed by atoms with Gasteiger partial charge in [0.25, 0.3) is 11.6 Å². The summed E-state index contributed by atoms with van der Waals surface area (Å²) in [6, 6.07) is 9.53. The first kappa shape index (κ1) is 22.1. The van der Waals surface area contributed by atoms with Crippen LogP contribution in [0.3, 0.4) is 0 Å². The summed E-state index contributed by atoms with van der Waals surface area (Å²) >= 11 is 5.79. The van der Waals surface area contributed by atoms with Gasteiger partial charge >= 0.3 is 0 Å². The predicted molar refractivity (Wildman–Crippen MR) is 116 cm³/mol. The molecule has 1 aromatic heterocycles. The molecule has 1 amide bonds. The van der Waals surface area contributed by atoms with Gasteiger partial charge in [0, 0.05) is 17.8 Å². The highest BCUT2D eigenvalue weighted by Crippen LogP contribution is 2.29. The topological polar surface area (TPSA) is 109 Å². The third-order valence-corrected chi connectivity index (χ3v) is 4.57. The van der Waals surface area contributed by atoms with Crippen molar-refractivity contribution in [2.45, 2.75) is 20.4 Å². The van der Waals surface area contributed by atoms with Crippen LogP contribution in [0.2, 0.25) is 5.02 Å². The molecule has 0 fully saturated rings. The molecular formula is C21H21ClN4O5. The predicted octanol–water partition coefficient (Wildman–Crippen LogP) is 4.54. The van der Waals surface area contributed by atoms with Gasteiger partial charge in [-0.25, -0.2) is 0 Å². The van der Waals surface area contributed by atoms with E-state index in [1.54, 1.807) is 10.9 Å². The van der Waals surface area contributed by atoms with Gasteiger partial charge in [0.15, 0.2) is 11.5 Å². The molecule has 1 heterocycles. The molecular weight excluding hydrogens is 424 g/mol. The SMILES string of the molecule is CCOc1ccc(Cn2cc(NC(=O)c3ccc(Cl)c([N+](=O)[O-])c3)cn2)cc1OCC. The number of nitro benzene ring substituents is 1. The van der Waals surface area contributed by atoms with Gasteiger partial charge < -0.3 is 14.8 Å². The molecule has 0 radical (unpaired) electrons. The number of rotatable bonds is 9. The largest absolute Gasteiger partial charge is 0.490 e. The Kier molecular flexibility index (Phi) is 7.09. The molecule has 10 heteroatoms. The summed E-state index contributed by atoms with van der Waals surface area (Å²) in [5.74, 6) is 0.837. The van der Waals surface area contributed by atoms with Crippen LogP contribution < -0.4 is 14.8 Å². The number of halogens is 1. The zero-order valence-electron chi connectivity index (χ0n) is 17.0. The second kappa shape index (κ2) is 9.94. The first-order valence-electron chi connectivity index (χ1n) is 9.57. The molecule has 0 aliphatic carbocycles. The molecule has 0 saturated heterocycles. The fraction of sp³-hybridized carbons (Fsp3) is 0.238. The lowest BCUT2D eigenvalue weighted by atomic mass is 10.2. The quantitative estimate of drug-likeness (QED) is 0.383. The van der Waals surface area contributed by atoms with Crippen LogP contribution >= 0.6 is 11.6 Å². The van der Waals surface area contributed by atoms with Crippen LogP contribution in [-0.2, 0) is 6.54 Å². The van der Waals surface area contributed by atoms with Gasteiger partial charge in [0.1, 0.15) is 5.02 Å². The van der Waals surface area contributed by atoms with Crippen LogP contribution in [0, 0.1) is 10.1 Å². The number of anilines is 1. The highest BCUT2D eigenvalue weighted by molar-refractivity contribution is 6.32. The average Bonchev–Trinajstić information content (AvgIpc) is 3.17. The number of aromatic nitrogens is 2. The van der Waals surface area contributed by atoms with Crippen LogP contribution in [0.15, 0.2) is 48.8 Å². The Balaban J connectivity index is 1.71. The molecule has 0 unspecified atom stereocenters. The minimum atomic E-state index is -0.634. The van der Waals surface area contributed by atoms with E-state index in [1.165, 1.54) is 18.3 Å². The van der Waals surface area contributed by atoms with Crippen LogP contribution in [0.5, 0.6) is 11.5 Å². The second-order valence-corrected chi connectivity index (χ2v) is 6.86. The van der Waals surface area contributed by atoms with Crippen molar-refractivity contribution in [1.29, 1.82) is 0 Å². The number of nitrogens with one attached hydrogen (secondary N) is 1. The minimum absolute atomic E-state index is 0.0313. The Morgan fingerprint density at radius 2 is 1.90 bits per heavy atom. The van der Waals surface area contributed by atoms with E-state index in [1.807, 2.05) is 32.0 Å². The Bertz CT molecular complexity index is 1100. The molecule has 9 nitrogen and oxygen atoms in total. The maximum atomic E-state index is 12.4. The first-order valence-corrected chi connectivity index (χ1v) is 9.95. The van der Waals surface area contributed by atoms with E-state index in [-0.39, 0.29) is 16.3 Å². The van der Waals surface area contributed by atoms with Gasteiger partial charge in [-0.3, -0.25) is 19.6 Å². The molecule has 3 aromatic rings. The maximum Gasteiger partial charge on any atom is 0.288 e. The van der Waals surface area contributed by atoms with Crippen molar-refractivity contribution in [1.82, 2.24) is 9.78 Å². The van der Waals surface area contributed by atoms with Crippen molar-refractivity contribution in [3.8, 4) is 11.5 Å². The third-order valence-electron chi connectivity index (χ3n) is 4.25.